The molecular formula is C15H14F3N3O3S. The maximum absolute atomic E-state index is 12.1. The normalized spacial score (nSPS) is 11.0. The number of hydrogen-bond donors (Lipinski definition) is 2. The zero-order valence-corrected chi connectivity index (χ0v) is 13.8. The highest BCUT2D eigenvalue weighted by atomic mass is 32.1. The van der Waals surface area contributed by atoms with Gasteiger partial charge in [-0.15, -0.1) is 24.5 Å². The Labute approximate surface area is 145 Å². The van der Waals surface area contributed by atoms with Crippen LogP contribution in [0.25, 0.3) is 0 Å². The predicted molar refractivity (Wildman–Crippen MR) is 85.1 cm³/mol. The number of nitrogens with one attached hydrogen (secondary N) is 2. The molecule has 0 spiro atoms. The molecule has 6 nitrogen and oxygen atoms in total. The molecule has 0 saturated heterocycles. The molecular weight excluding hydrogens is 359 g/mol. The van der Waals surface area contributed by atoms with Gasteiger partial charge in [0.05, 0.1) is 12.1 Å². The minimum atomic E-state index is -4.74. The number of carbonyl (C=O) groups is 2. The lowest BCUT2D eigenvalue weighted by Crippen LogP contribution is -2.24. The first kappa shape index (κ1) is 18.7. The van der Waals surface area contributed by atoms with E-state index in [1.54, 1.807) is 5.38 Å². The van der Waals surface area contributed by atoms with Gasteiger partial charge in [0.2, 0.25) is 11.8 Å². The van der Waals surface area contributed by atoms with Crippen molar-refractivity contribution in [2.45, 2.75) is 26.3 Å². The smallest absolute Gasteiger partial charge is 0.406 e. The Morgan fingerprint density at radius 1 is 1.24 bits per heavy atom. The van der Waals surface area contributed by atoms with E-state index in [0.29, 0.717) is 16.4 Å². The van der Waals surface area contributed by atoms with Crippen LogP contribution >= 0.6 is 11.3 Å². The lowest BCUT2D eigenvalue weighted by Gasteiger charge is -2.09. The van der Waals surface area contributed by atoms with Crippen molar-refractivity contribution in [1.29, 1.82) is 0 Å². The summed E-state index contributed by atoms with van der Waals surface area (Å²) in [6.45, 7) is 1.52. The van der Waals surface area contributed by atoms with E-state index in [9.17, 15) is 22.8 Å². The average molecular weight is 373 g/mol. The van der Waals surface area contributed by atoms with Gasteiger partial charge >= 0.3 is 6.36 Å². The van der Waals surface area contributed by atoms with E-state index < -0.39 is 6.36 Å². The van der Waals surface area contributed by atoms with E-state index in [2.05, 4.69) is 20.4 Å². The molecule has 1 aromatic heterocycles. The maximum Gasteiger partial charge on any atom is 0.573 e. The summed E-state index contributed by atoms with van der Waals surface area (Å²) in [4.78, 5) is 26.9. The Bertz CT molecular complexity index is 744. The number of amides is 2. The Hall–Kier alpha value is -2.62. The van der Waals surface area contributed by atoms with Crippen molar-refractivity contribution in [2.24, 2.45) is 0 Å². The van der Waals surface area contributed by atoms with Gasteiger partial charge in [0.25, 0.3) is 0 Å². The number of nitrogens with zero attached hydrogens (tertiary/aromatic N) is 1. The van der Waals surface area contributed by atoms with E-state index in [1.807, 2.05) is 0 Å². The van der Waals surface area contributed by atoms with Crippen molar-refractivity contribution >= 4 is 28.3 Å². The van der Waals surface area contributed by atoms with Crippen molar-refractivity contribution < 1.29 is 27.5 Å². The van der Waals surface area contributed by atoms with Crippen molar-refractivity contribution in [3.05, 3.63) is 40.9 Å². The van der Waals surface area contributed by atoms with E-state index >= 15 is 0 Å². The van der Waals surface area contributed by atoms with Gasteiger partial charge < -0.3 is 15.4 Å². The predicted octanol–water partition coefficient (Wildman–Crippen LogP) is 2.86. The zero-order chi connectivity index (χ0) is 18.4. The Balaban J connectivity index is 1.81. The van der Waals surface area contributed by atoms with E-state index in [0.717, 1.165) is 0 Å². The Morgan fingerprint density at radius 2 is 1.92 bits per heavy atom. The van der Waals surface area contributed by atoms with Gasteiger partial charge in [0.15, 0.2) is 5.13 Å². The molecule has 134 valence electrons. The number of anilines is 1. The SMILES string of the molecule is CC(=O)Nc1nc(CC(=O)NCc2ccc(OC(F)(F)F)cc2)cs1. The van der Waals surface area contributed by atoms with Crippen LogP contribution in [0.4, 0.5) is 18.3 Å². The molecule has 0 radical (unpaired) electrons. The van der Waals surface area contributed by atoms with Crippen molar-refractivity contribution in [2.75, 3.05) is 5.32 Å². The van der Waals surface area contributed by atoms with Crippen molar-refractivity contribution in [3.63, 3.8) is 0 Å². The molecule has 0 aliphatic carbocycles. The maximum atomic E-state index is 12.1. The van der Waals surface area contributed by atoms with Gasteiger partial charge in [-0.3, -0.25) is 9.59 Å². The fourth-order valence-electron chi connectivity index (χ4n) is 1.83. The third-order valence-corrected chi connectivity index (χ3v) is 3.63. The summed E-state index contributed by atoms with van der Waals surface area (Å²) in [6.07, 6.45) is -4.70. The second-order valence-corrected chi connectivity index (χ2v) is 5.83. The monoisotopic (exact) mass is 373 g/mol. The molecule has 2 rings (SSSR count). The summed E-state index contributed by atoms with van der Waals surface area (Å²) in [6, 6.07) is 5.21. The van der Waals surface area contributed by atoms with Crippen LogP contribution in [-0.2, 0) is 22.6 Å². The second-order valence-electron chi connectivity index (χ2n) is 4.97. The topological polar surface area (TPSA) is 80.3 Å². The fourth-order valence-corrected chi connectivity index (χ4v) is 2.59. The number of rotatable bonds is 6. The van der Waals surface area contributed by atoms with Crippen LogP contribution in [0, 0.1) is 0 Å². The number of ether oxygens (including phenoxy) is 1. The number of halogens is 3. The molecule has 1 heterocycles. The molecule has 0 atom stereocenters. The highest BCUT2D eigenvalue weighted by molar-refractivity contribution is 7.13. The number of benzene rings is 1. The molecule has 0 fully saturated rings. The number of carbonyl (C=O) groups excluding carboxylic acids is 2. The first-order valence-corrected chi connectivity index (χ1v) is 7.92. The summed E-state index contributed by atoms with van der Waals surface area (Å²) >= 11 is 1.21. The summed E-state index contributed by atoms with van der Waals surface area (Å²) in [5, 5.41) is 7.24. The van der Waals surface area contributed by atoms with Gasteiger partial charge in [-0.25, -0.2) is 4.98 Å². The number of aromatic nitrogens is 1. The minimum absolute atomic E-state index is 0.0331. The van der Waals surface area contributed by atoms with Crippen LogP contribution in [0.1, 0.15) is 18.2 Å². The minimum Gasteiger partial charge on any atom is -0.406 e. The van der Waals surface area contributed by atoms with Crippen LogP contribution in [0.3, 0.4) is 0 Å². The van der Waals surface area contributed by atoms with Gasteiger partial charge in [-0.2, -0.15) is 0 Å². The quantitative estimate of drug-likeness (QED) is 0.816. The van der Waals surface area contributed by atoms with E-state index in [4.69, 9.17) is 0 Å². The van der Waals surface area contributed by atoms with E-state index in [-0.39, 0.29) is 30.5 Å². The molecule has 0 bridgehead atoms. The largest absolute Gasteiger partial charge is 0.573 e. The summed E-state index contributed by atoms with van der Waals surface area (Å²) < 4.78 is 40.0. The van der Waals surface area contributed by atoms with Gasteiger partial charge in [-0.1, -0.05) is 12.1 Å². The standard InChI is InChI=1S/C15H14F3N3O3S/c1-9(22)20-14-21-11(8-25-14)6-13(23)19-7-10-2-4-12(5-3-10)24-15(16,17)18/h2-5,8H,6-7H2,1H3,(H,19,23)(H,20,21,22). The molecule has 1 aromatic carbocycles. The van der Waals surface area contributed by atoms with Crippen LogP contribution < -0.4 is 15.4 Å². The highest BCUT2D eigenvalue weighted by Crippen LogP contribution is 2.22. The average Bonchev–Trinajstić information content (AvgIpc) is 2.91. The van der Waals surface area contributed by atoms with Crippen molar-refractivity contribution in [3.8, 4) is 5.75 Å². The molecule has 2 N–H and O–H groups in total. The number of thiazole rings is 1. The van der Waals surface area contributed by atoms with Crippen LogP contribution in [-0.4, -0.2) is 23.2 Å². The highest BCUT2D eigenvalue weighted by Gasteiger charge is 2.30. The third kappa shape index (κ3) is 6.79. The van der Waals surface area contributed by atoms with Gasteiger partial charge in [-0.05, 0) is 17.7 Å². The molecule has 10 heteroatoms. The third-order valence-electron chi connectivity index (χ3n) is 2.82. The van der Waals surface area contributed by atoms with Crippen LogP contribution in [0.5, 0.6) is 5.75 Å². The van der Waals surface area contributed by atoms with Crippen LogP contribution in [0.15, 0.2) is 29.6 Å². The van der Waals surface area contributed by atoms with E-state index in [1.165, 1.54) is 42.5 Å². The first-order chi connectivity index (χ1) is 11.7. The molecule has 0 unspecified atom stereocenters. The molecule has 2 aromatic rings. The molecule has 0 aliphatic rings. The lowest BCUT2D eigenvalue weighted by atomic mass is 10.2. The number of alkyl halides is 3. The van der Waals surface area contributed by atoms with Gasteiger partial charge in [0, 0.05) is 18.8 Å². The molecule has 25 heavy (non-hydrogen) atoms. The Morgan fingerprint density at radius 3 is 2.52 bits per heavy atom. The summed E-state index contributed by atoms with van der Waals surface area (Å²) in [5.41, 5.74) is 1.14. The number of hydrogen-bond acceptors (Lipinski definition) is 5. The first-order valence-electron chi connectivity index (χ1n) is 7.04. The van der Waals surface area contributed by atoms with Gasteiger partial charge in [0.1, 0.15) is 5.75 Å². The fraction of sp³-hybridized carbons (Fsp3) is 0.267. The molecule has 0 aliphatic heterocycles. The lowest BCUT2D eigenvalue weighted by molar-refractivity contribution is -0.274. The van der Waals surface area contributed by atoms with Crippen LogP contribution in [0.2, 0.25) is 0 Å². The molecule has 2 amide bonds. The van der Waals surface area contributed by atoms with Crippen molar-refractivity contribution in [1.82, 2.24) is 10.3 Å². The summed E-state index contributed by atoms with van der Waals surface area (Å²) in [7, 11) is 0. The zero-order valence-electron chi connectivity index (χ0n) is 13.0. The summed E-state index contributed by atoms with van der Waals surface area (Å²) in [5.74, 6) is -0.867. The molecule has 0 saturated carbocycles. The Kier molecular flexibility index (Phi) is 5.97. The second kappa shape index (κ2) is 7.97.